The summed E-state index contributed by atoms with van der Waals surface area (Å²) >= 11 is 5.93. The summed E-state index contributed by atoms with van der Waals surface area (Å²) in [5.74, 6) is 0. The van der Waals surface area contributed by atoms with Crippen LogP contribution < -0.4 is 4.90 Å². The molecule has 17 heavy (non-hydrogen) atoms. The molecule has 0 heterocycles. The number of halogens is 1. The average Bonchev–Trinajstić information content (AvgIpc) is 2.14. The van der Waals surface area contributed by atoms with Crippen molar-refractivity contribution in [2.24, 2.45) is 0 Å². The molecule has 1 rings (SSSR count). The van der Waals surface area contributed by atoms with E-state index in [1.165, 1.54) is 0 Å². The van der Waals surface area contributed by atoms with E-state index in [9.17, 15) is 10.2 Å². The number of hydrogen-bond acceptors (Lipinski definition) is 2. The van der Waals surface area contributed by atoms with Gasteiger partial charge in [-0.1, -0.05) is 23.7 Å². The predicted molar refractivity (Wildman–Crippen MR) is 69.2 cm³/mol. The van der Waals surface area contributed by atoms with Gasteiger partial charge in [-0.25, -0.2) is 0 Å². The monoisotopic (exact) mass is 258 g/mol. The van der Waals surface area contributed by atoms with Crippen molar-refractivity contribution < 1.29 is 15.1 Å². The predicted octanol–water partition coefficient (Wildman–Crippen LogP) is 0.486. The zero-order valence-corrected chi connectivity index (χ0v) is 11.1. The fourth-order valence-corrected chi connectivity index (χ4v) is 2.21. The molecule has 3 nitrogen and oxygen atoms in total. The normalized spacial score (nSPS) is 16.5. The van der Waals surface area contributed by atoms with Crippen LogP contribution in [0.25, 0.3) is 0 Å². The smallest absolute Gasteiger partial charge is 0.103 e. The number of aliphatic hydroxyl groups is 2. The van der Waals surface area contributed by atoms with Crippen LogP contribution >= 0.6 is 11.6 Å². The second-order valence-electron chi connectivity index (χ2n) is 4.66. The van der Waals surface area contributed by atoms with Crippen LogP contribution in [0.1, 0.15) is 19.4 Å². The SMILES string of the molecule is C[C@H](O)C[NH+](Cc1cccc(Cl)c1)C[C@@H](C)O. The molecule has 3 N–H and O–H groups in total. The van der Waals surface area contributed by atoms with Gasteiger partial charge >= 0.3 is 0 Å². The van der Waals surface area contributed by atoms with Crippen molar-refractivity contribution in [1.82, 2.24) is 0 Å². The topological polar surface area (TPSA) is 44.9 Å². The highest BCUT2D eigenvalue weighted by Crippen LogP contribution is 2.09. The molecule has 0 aromatic heterocycles. The highest BCUT2D eigenvalue weighted by atomic mass is 35.5. The van der Waals surface area contributed by atoms with Gasteiger partial charge in [0.15, 0.2) is 0 Å². The minimum absolute atomic E-state index is 0.372. The molecule has 0 aliphatic carbocycles. The Bertz CT molecular complexity index is 332. The molecule has 0 aliphatic heterocycles. The van der Waals surface area contributed by atoms with Gasteiger partial charge in [0.25, 0.3) is 0 Å². The Morgan fingerprint density at radius 1 is 1.18 bits per heavy atom. The minimum Gasteiger partial charge on any atom is -0.388 e. The van der Waals surface area contributed by atoms with Crippen LogP contribution in [0, 0.1) is 0 Å². The molecule has 1 aromatic rings. The molecule has 0 fully saturated rings. The number of nitrogens with one attached hydrogen (secondary N) is 1. The third-order valence-corrected chi connectivity index (χ3v) is 2.75. The Hall–Kier alpha value is -0.610. The molecule has 0 spiro atoms. The van der Waals surface area contributed by atoms with Gasteiger partial charge in [-0.2, -0.15) is 0 Å². The Labute approximate surface area is 108 Å². The largest absolute Gasteiger partial charge is 0.388 e. The maximum absolute atomic E-state index is 9.44. The van der Waals surface area contributed by atoms with E-state index in [-0.39, 0.29) is 12.2 Å². The van der Waals surface area contributed by atoms with Crippen molar-refractivity contribution in [3.8, 4) is 0 Å². The van der Waals surface area contributed by atoms with E-state index in [4.69, 9.17) is 11.6 Å². The Morgan fingerprint density at radius 2 is 1.76 bits per heavy atom. The third kappa shape index (κ3) is 6.03. The van der Waals surface area contributed by atoms with Gasteiger partial charge in [0.05, 0.1) is 0 Å². The molecule has 1 unspecified atom stereocenters. The summed E-state index contributed by atoms with van der Waals surface area (Å²) in [7, 11) is 0. The summed E-state index contributed by atoms with van der Waals surface area (Å²) in [4.78, 5) is 1.15. The van der Waals surface area contributed by atoms with Crippen LogP contribution in [0.5, 0.6) is 0 Å². The number of benzene rings is 1. The van der Waals surface area contributed by atoms with E-state index in [1.807, 2.05) is 24.3 Å². The molecule has 0 radical (unpaired) electrons. The van der Waals surface area contributed by atoms with Crippen molar-refractivity contribution in [2.45, 2.75) is 32.6 Å². The number of hydrogen-bond donors (Lipinski definition) is 3. The number of rotatable bonds is 6. The van der Waals surface area contributed by atoms with Crippen molar-refractivity contribution in [3.63, 3.8) is 0 Å². The molecule has 4 heteroatoms. The van der Waals surface area contributed by atoms with Crippen LogP contribution in [-0.2, 0) is 6.54 Å². The van der Waals surface area contributed by atoms with Crippen molar-refractivity contribution >= 4 is 11.6 Å². The first-order valence-electron chi connectivity index (χ1n) is 5.91. The van der Waals surface area contributed by atoms with E-state index in [0.29, 0.717) is 13.1 Å². The maximum atomic E-state index is 9.44. The van der Waals surface area contributed by atoms with E-state index in [1.54, 1.807) is 13.8 Å². The molecule has 0 saturated heterocycles. The van der Waals surface area contributed by atoms with E-state index < -0.39 is 0 Å². The molecule has 0 amide bonds. The Morgan fingerprint density at radius 3 is 2.24 bits per heavy atom. The summed E-state index contributed by atoms with van der Waals surface area (Å²) in [5.41, 5.74) is 1.12. The van der Waals surface area contributed by atoms with Gasteiger partial charge in [0.1, 0.15) is 31.8 Å². The molecule has 0 saturated carbocycles. The lowest BCUT2D eigenvalue weighted by atomic mass is 10.2. The quantitative estimate of drug-likeness (QED) is 0.695. The first-order valence-corrected chi connectivity index (χ1v) is 6.29. The molecule has 0 aliphatic rings. The second-order valence-corrected chi connectivity index (χ2v) is 5.10. The number of quaternary nitrogens is 1. The van der Waals surface area contributed by atoms with Crippen LogP contribution in [0.2, 0.25) is 5.02 Å². The van der Waals surface area contributed by atoms with Gasteiger partial charge < -0.3 is 15.1 Å². The summed E-state index contributed by atoms with van der Waals surface area (Å²) in [6, 6.07) is 7.69. The standard InChI is InChI=1S/C13H20ClNO2/c1-10(16)7-15(8-11(2)17)9-12-4-3-5-13(14)6-12/h3-6,10-11,16-17H,7-9H2,1-2H3/p+1/t10-,11+. The molecule has 1 aromatic carbocycles. The van der Waals surface area contributed by atoms with Crippen LogP contribution in [0.4, 0.5) is 0 Å². The van der Waals surface area contributed by atoms with Gasteiger partial charge in [0.2, 0.25) is 0 Å². The first-order chi connectivity index (χ1) is 7.97. The Balaban J connectivity index is 2.64. The van der Waals surface area contributed by atoms with Gasteiger partial charge in [-0.15, -0.1) is 0 Å². The average molecular weight is 259 g/mol. The molecule has 0 bridgehead atoms. The van der Waals surface area contributed by atoms with E-state index >= 15 is 0 Å². The lowest BCUT2D eigenvalue weighted by Crippen LogP contribution is -3.12. The highest BCUT2D eigenvalue weighted by Gasteiger charge is 2.15. The zero-order valence-electron chi connectivity index (χ0n) is 10.4. The molecular formula is C13H21ClNO2+. The summed E-state index contributed by atoms with van der Waals surface area (Å²) in [6.45, 7) is 5.53. The summed E-state index contributed by atoms with van der Waals surface area (Å²) in [6.07, 6.45) is -0.745. The van der Waals surface area contributed by atoms with Gasteiger partial charge in [-0.05, 0) is 26.0 Å². The zero-order chi connectivity index (χ0) is 12.8. The first kappa shape index (κ1) is 14.5. The third-order valence-electron chi connectivity index (χ3n) is 2.51. The fraction of sp³-hybridized carbons (Fsp3) is 0.538. The van der Waals surface area contributed by atoms with Crippen LogP contribution in [-0.4, -0.2) is 35.5 Å². The van der Waals surface area contributed by atoms with Crippen molar-refractivity contribution in [3.05, 3.63) is 34.9 Å². The second kappa shape index (κ2) is 6.97. The van der Waals surface area contributed by atoms with E-state index in [0.717, 1.165) is 22.0 Å². The minimum atomic E-state index is -0.372. The van der Waals surface area contributed by atoms with Crippen molar-refractivity contribution in [2.75, 3.05) is 13.1 Å². The lowest BCUT2D eigenvalue weighted by Gasteiger charge is -2.22. The number of aliphatic hydroxyl groups excluding tert-OH is 2. The molecular weight excluding hydrogens is 238 g/mol. The fourth-order valence-electron chi connectivity index (χ4n) is 2.00. The Kier molecular flexibility index (Phi) is 5.92. The molecule has 96 valence electrons. The van der Waals surface area contributed by atoms with Gasteiger partial charge in [-0.3, -0.25) is 0 Å². The summed E-state index contributed by atoms with van der Waals surface area (Å²) in [5, 5.41) is 19.6. The lowest BCUT2D eigenvalue weighted by molar-refractivity contribution is -0.919. The van der Waals surface area contributed by atoms with Crippen molar-refractivity contribution in [1.29, 1.82) is 0 Å². The summed E-state index contributed by atoms with van der Waals surface area (Å²) < 4.78 is 0. The van der Waals surface area contributed by atoms with Crippen LogP contribution in [0.15, 0.2) is 24.3 Å². The van der Waals surface area contributed by atoms with Crippen LogP contribution in [0.3, 0.4) is 0 Å². The molecule has 3 atom stereocenters. The maximum Gasteiger partial charge on any atom is 0.103 e. The highest BCUT2D eigenvalue weighted by molar-refractivity contribution is 6.30. The van der Waals surface area contributed by atoms with Gasteiger partial charge in [0, 0.05) is 10.6 Å². The van der Waals surface area contributed by atoms with E-state index in [2.05, 4.69) is 0 Å².